The number of carbonyl (C=O) groups excluding carboxylic acids is 1. The molecule has 0 N–H and O–H groups in total. The van der Waals surface area contributed by atoms with Crippen LogP contribution in [0.4, 0.5) is 0 Å². The van der Waals surface area contributed by atoms with Crippen molar-refractivity contribution < 1.29 is 4.79 Å². The van der Waals surface area contributed by atoms with Gasteiger partial charge in [0.25, 0.3) is 0 Å². The third-order valence-corrected chi connectivity index (χ3v) is 4.34. The van der Waals surface area contributed by atoms with Crippen LogP contribution in [0.3, 0.4) is 0 Å². The molecule has 1 aromatic heterocycles. The minimum absolute atomic E-state index is 0.0452. The average Bonchev–Trinajstić information content (AvgIpc) is 2.49. The first-order chi connectivity index (χ1) is 9.66. The standard InChI is InChI=1S/C16H9BrClNO/c17-14-5-4-10(8-15(14)18)16(20)13-3-1-2-11-9-19-7-6-12(11)13/h1-9H. The molecule has 0 amide bonds. The van der Waals surface area contributed by atoms with Crippen LogP contribution in [0.15, 0.2) is 59.3 Å². The highest BCUT2D eigenvalue weighted by Crippen LogP contribution is 2.26. The SMILES string of the molecule is O=C(c1ccc(Br)c(Cl)c1)c1cccc2cnccc12. The maximum atomic E-state index is 12.6. The molecule has 0 aliphatic carbocycles. The summed E-state index contributed by atoms with van der Waals surface area (Å²) in [7, 11) is 0. The van der Waals surface area contributed by atoms with Gasteiger partial charge >= 0.3 is 0 Å². The largest absolute Gasteiger partial charge is 0.289 e. The van der Waals surface area contributed by atoms with Crippen molar-refractivity contribution in [1.82, 2.24) is 4.98 Å². The van der Waals surface area contributed by atoms with Gasteiger partial charge in [0, 0.05) is 33.4 Å². The summed E-state index contributed by atoms with van der Waals surface area (Å²) in [6.07, 6.45) is 3.44. The van der Waals surface area contributed by atoms with E-state index in [1.54, 1.807) is 30.6 Å². The Morgan fingerprint density at radius 3 is 2.80 bits per heavy atom. The molecule has 0 atom stereocenters. The highest BCUT2D eigenvalue weighted by atomic mass is 79.9. The number of hydrogen-bond donors (Lipinski definition) is 0. The first kappa shape index (κ1) is 13.3. The molecule has 98 valence electrons. The van der Waals surface area contributed by atoms with E-state index in [-0.39, 0.29) is 5.78 Å². The van der Waals surface area contributed by atoms with Crippen LogP contribution in [0.2, 0.25) is 5.02 Å². The normalized spacial score (nSPS) is 10.7. The van der Waals surface area contributed by atoms with Crippen molar-refractivity contribution in [1.29, 1.82) is 0 Å². The molecule has 4 heteroatoms. The van der Waals surface area contributed by atoms with Crippen molar-refractivity contribution in [2.24, 2.45) is 0 Å². The van der Waals surface area contributed by atoms with Gasteiger partial charge in [-0.15, -0.1) is 0 Å². The summed E-state index contributed by atoms with van der Waals surface area (Å²) < 4.78 is 0.776. The fraction of sp³-hybridized carbons (Fsp3) is 0. The molecule has 1 heterocycles. The maximum Gasteiger partial charge on any atom is 0.193 e. The Kier molecular flexibility index (Phi) is 3.55. The molecule has 0 radical (unpaired) electrons. The average molecular weight is 347 g/mol. The Labute approximate surface area is 129 Å². The van der Waals surface area contributed by atoms with E-state index in [1.807, 2.05) is 24.3 Å². The number of fused-ring (bicyclic) bond motifs is 1. The van der Waals surface area contributed by atoms with Gasteiger partial charge in [-0.3, -0.25) is 9.78 Å². The van der Waals surface area contributed by atoms with Crippen molar-refractivity contribution in [3.05, 3.63) is 75.5 Å². The molecular weight excluding hydrogens is 338 g/mol. The van der Waals surface area contributed by atoms with Gasteiger partial charge in [0.2, 0.25) is 0 Å². The van der Waals surface area contributed by atoms with E-state index in [0.29, 0.717) is 16.1 Å². The Morgan fingerprint density at radius 2 is 2.00 bits per heavy atom. The first-order valence-corrected chi connectivity index (χ1v) is 7.16. The molecule has 20 heavy (non-hydrogen) atoms. The Hall–Kier alpha value is -1.71. The Morgan fingerprint density at radius 1 is 1.15 bits per heavy atom. The molecule has 0 unspecified atom stereocenters. The van der Waals surface area contributed by atoms with E-state index >= 15 is 0 Å². The summed E-state index contributed by atoms with van der Waals surface area (Å²) in [6, 6.07) is 12.7. The Balaban J connectivity index is 2.15. The molecular formula is C16H9BrClNO. The van der Waals surface area contributed by atoms with Crippen LogP contribution in [0.1, 0.15) is 15.9 Å². The highest BCUT2D eigenvalue weighted by Gasteiger charge is 2.13. The minimum atomic E-state index is -0.0452. The number of halogens is 2. The fourth-order valence-corrected chi connectivity index (χ4v) is 2.54. The summed E-state index contributed by atoms with van der Waals surface area (Å²) in [4.78, 5) is 16.7. The van der Waals surface area contributed by atoms with Crippen LogP contribution in [-0.2, 0) is 0 Å². The molecule has 3 rings (SSSR count). The molecule has 0 spiro atoms. The van der Waals surface area contributed by atoms with Gasteiger partial charge in [0.15, 0.2) is 5.78 Å². The maximum absolute atomic E-state index is 12.6. The summed E-state index contributed by atoms with van der Waals surface area (Å²) in [5.74, 6) is -0.0452. The molecule has 2 aromatic carbocycles. The highest BCUT2D eigenvalue weighted by molar-refractivity contribution is 9.10. The van der Waals surface area contributed by atoms with Crippen LogP contribution in [0, 0.1) is 0 Å². The third kappa shape index (κ3) is 2.35. The van der Waals surface area contributed by atoms with E-state index in [0.717, 1.165) is 15.2 Å². The lowest BCUT2D eigenvalue weighted by molar-refractivity contribution is 0.104. The van der Waals surface area contributed by atoms with Crippen molar-refractivity contribution >= 4 is 44.1 Å². The molecule has 0 saturated carbocycles. The first-order valence-electron chi connectivity index (χ1n) is 5.99. The number of carbonyl (C=O) groups is 1. The lowest BCUT2D eigenvalue weighted by Gasteiger charge is -2.06. The van der Waals surface area contributed by atoms with Gasteiger partial charge in [-0.2, -0.15) is 0 Å². The number of benzene rings is 2. The molecule has 0 saturated heterocycles. The lowest BCUT2D eigenvalue weighted by Crippen LogP contribution is -2.02. The van der Waals surface area contributed by atoms with Crippen LogP contribution in [0.5, 0.6) is 0 Å². The molecule has 0 bridgehead atoms. The molecule has 3 aromatic rings. The molecule has 0 aliphatic heterocycles. The van der Waals surface area contributed by atoms with Crippen LogP contribution < -0.4 is 0 Å². The van der Waals surface area contributed by atoms with Gasteiger partial charge in [-0.25, -0.2) is 0 Å². The van der Waals surface area contributed by atoms with Crippen LogP contribution in [0.25, 0.3) is 10.8 Å². The van der Waals surface area contributed by atoms with E-state index in [2.05, 4.69) is 20.9 Å². The second kappa shape index (κ2) is 5.35. The van der Waals surface area contributed by atoms with Crippen LogP contribution >= 0.6 is 27.5 Å². The topological polar surface area (TPSA) is 30.0 Å². The predicted octanol–water partition coefficient (Wildman–Crippen LogP) is 4.88. The van der Waals surface area contributed by atoms with Crippen molar-refractivity contribution in [3.63, 3.8) is 0 Å². The van der Waals surface area contributed by atoms with Crippen molar-refractivity contribution in [2.45, 2.75) is 0 Å². The number of hydrogen-bond acceptors (Lipinski definition) is 2. The van der Waals surface area contributed by atoms with Gasteiger partial charge < -0.3 is 0 Å². The van der Waals surface area contributed by atoms with Gasteiger partial charge in [0.05, 0.1) is 5.02 Å². The number of rotatable bonds is 2. The van der Waals surface area contributed by atoms with E-state index in [1.165, 1.54) is 0 Å². The molecule has 2 nitrogen and oxygen atoms in total. The summed E-state index contributed by atoms with van der Waals surface area (Å²) >= 11 is 9.38. The number of nitrogens with zero attached hydrogens (tertiary/aromatic N) is 1. The third-order valence-electron chi connectivity index (χ3n) is 3.11. The summed E-state index contributed by atoms with van der Waals surface area (Å²) in [5, 5.41) is 2.37. The lowest BCUT2D eigenvalue weighted by atomic mass is 9.98. The summed E-state index contributed by atoms with van der Waals surface area (Å²) in [5.41, 5.74) is 1.23. The van der Waals surface area contributed by atoms with Gasteiger partial charge in [-0.1, -0.05) is 29.8 Å². The van der Waals surface area contributed by atoms with Crippen molar-refractivity contribution in [3.8, 4) is 0 Å². The minimum Gasteiger partial charge on any atom is -0.289 e. The van der Waals surface area contributed by atoms with E-state index in [4.69, 9.17) is 11.6 Å². The number of ketones is 1. The molecule has 0 fully saturated rings. The second-order valence-electron chi connectivity index (χ2n) is 4.36. The quantitative estimate of drug-likeness (QED) is 0.619. The van der Waals surface area contributed by atoms with E-state index < -0.39 is 0 Å². The van der Waals surface area contributed by atoms with Crippen LogP contribution in [-0.4, -0.2) is 10.8 Å². The smallest absolute Gasteiger partial charge is 0.193 e. The second-order valence-corrected chi connectivity index (χ2v) is 5.62. The zero-order valence-electron chi connectivity index (χ0n) is 10.3. The summed E-state index contributed by atoms with van der Waals surface area (Å²) in [6.45, 7) is 0. The van der Waals surface area contributed by atoms with Gasteiger partial charge in [0.1, 0.15) is 0 Å². The fourth-order valence-electron chi connectivity index (χ4n) is 2.11. The molecule has 0 aliphatic rings. The number of aromatic nitrogens is 1. The van der Waals surface area contributed by atoms with Crippen molar-refractivity contribution in [2.75, 3.05) is 0 Å². The van der Waals surface area contributed by atoms with E-state index in [9.17, 15) is 4.79 Å². The predicted molar refractivity (Wildman–Crippen MR) is 84.3 cm³/mol. The van der Waals surface area contributed by atoms with Gasteiger partial charge in [-0.05, 0) is 45.6 Å². The zero-order chi connectivity index (χ0) is 14.1. The number of pyridine rings is 1. The monoisotopic (exact) mass is 345 g/mol. The zero-order valence-corrected chi connectivity index (χ0v) is 12.6. The Bertz CT molecular complexity index is 811.